The fourth-order valence-corrected chi connectivity index (χ4v) is 2.08. The Morgan fingerprint density at radius 3 is 2.47 bits per heavy atom. The molecule has 0 radical (unpaired) electrons. The van der Waals surface area contributed by atoms with E-state index in [0.29, 0.717) is 6.54 Å². The highest BCUT2D eigenvalue weighted by Gasteiger charge is 2.37. The lowest BCUT2D eigenvalue weighted by Gasteiger charge is -2.34. The average Bonchev–Trinajstić information content (AvgIpc) is 2.25. The van der Waals surface area contributed by atoms with Gasteiger partial charge in [-0.25, -0.2) is 4.79 Å². The zero-order valence-electron chi connectivity index (χ0n) is 10.7. The standard InChI is InChI=1S/C12H22N2O3/c1-8(2)9(10(15)16)14-11(17)12(3)5-4-6-13-7-12/h8-9,13H,4-7H2,1-3H3,(H,14,17)(H,15,16)/t9-,12?/m0/s1. The number of amides is 1. The largest absolute Gasteiger partial charge is 0.480 e. The lowest BCUT2D eigenvalue weighted by Crippen LogP contribution is -2.54. The first-order valence-corrected chi connectivity index (χ1v) is 6.11. The van der Waals surface area contributed by atoms with E-state index in [-0.39, 0.29) is 11.8 Å². The van der Waals surface area contributed by atoms with Crippen LogP contribution >= 0.6 is 0 Å². The van der Waals surface area contributed by atoms with Crippen LogP contribution in [0.4, 0.5) is 0 Å². The van der Waals surface area contributed by atoms with Crippen molar-refractivity contribution in [2.75, 3.05) is 13.1 Å². The van der Waals surface area contributed by atoms with Gasteiger partial charge in [-0.05, 0) is 32.2 Å². The molecule has 1 unspecified atom stereocenters. The van der Waals surface area contributed by atoms with Crippen LogP contribution in [0, 0.1) is 11.3 Å². The van der Waals surface area contributed by atoms with Gasteiger partial charge in [0.2, 0.25) is 5.91 Å². The number of nitrogens with one attached hydrogen (secondary N) is 2. The van der Waals surface area contributed by atoms with Crippen LogP contribution in [0.1, 0.15) is 33.6 Å². The fourth-order valence-electron chi connectivity index (χ4n) is 2.08. The third-order valence-electron chi connectivity index (χ3n) is 3.36. The molecular formula is C12H22N2O3. The van der Waals surface area contributed by atoms with E-state index in [9.17, 15) is 9.59 Å². The number of hydrogen-bond acceptors (Lipinski definition) is 3. The number of carboxylic acids is 1. The molecule has 3 N–H and O–H groups in total. The molecule has 5 heteroatoms. The summed E-state index contributed by atoms with van der Waals surface area (Å²) in [6.45, 7) is 7.01. The van der Waals surface area contributed by atoms with Crippen LogP contribution in [0.25, 0.3) is 0 Å². The zero-order valence-corrected chi connectivity index (χ0v) is 10.7. The first-order chi connectivity index (χ1) is 7.87. The minimum atomic E-state index is -0.972. The second kappa shape index (κ2) is 5.49. The molecule has 1 rings (SSSR count). The zero-order chi connectivity index (χ0) is 13.1. The highest BCUT2D eigenvalue weighted by atomic mass is 16.4. The molecule has 0 aromatic heterocycles. The summed E-state index contributed by atoms with van der Waals surface area (Å²) < 4.78 is 0. The highest BCUT2D eigenvalue weighted by molar-refractivity contribution is 5.87. The van der Waals surface area contributed by atoms with Crippen molar-refractivity contribution < 1.29 is 14.7 Å². The summed E-state index contributed by atoms with van der Waals surface area (Å²) in [6, 6.07) is -0.804. The lowest BCUT2D eigenvalue weighted by molar-refractivity contribution is -0.145. The smallest absolute Gasteiger partial charge is 0.326 e. The van der Waals surface area contributed by atoms with Gasteiger partial charge in [0.1, 0.15) is 6.04 Å². The van der Waals surface area contributed by atoms with Gasteiger partial charge >= 0.3 is 5.97 Å². The van der Waals surface area contributed by atoms with Crippen molar-refractivity contribution in [3.8, 4) is 0 Å². The highest BCUT2D eigenvalue weighted by Crippen LogP contribution is 2.25. The molecule has 1 saturated heterocycles. The maximum atomic E-state index is 12.1. The molecule has 1 amide bonds. The Bertz CT molecular complexity index is 296. The van der Waals surface area contributed by atoms with Crippen molar-refractivity contribution in [1.29, 1.82) is 0 Å². The average molecular weight is 242 g/mol. The summed E-state index contributed by atoms with van der Waals surface area (Å²) in [5.74, 6) is -1.25. The van der Waals surface area contributed by atoms with Gasteiger partial charge in [0.05, 0.1) is 5.41 Å². The molecule has 98 valence electrons. The SMILES string of the molecule is CC(C)[C@H](NC(=O)C1(C)CCCNC1)C(=O)O. The molecule has 0 bridgehead atoms. The Kier molecular flexibility index (Phi) is 4.51. The van der Waals surface area contributed by atoms with Crippen LogP contribution < -0.4 is 10.6 Å². The van der Waals surface area contributed by atoms with Crippen LogP contribution in [-0.4, -0.2) is 36.1 Å². The van der Waals surface area contributed by atoms with E-state index in [2.05, 4.69) is 10.6 Å². The minimum absolute atomic E-state index is 0.114. The van der Waals surface area contributed by atoms with Crippen molar-refractivity contribution in [2.45, 2.75) is 39.7 Å². The van der Waals surface area contributed by atoms with Gasteiger partial charge in [-0.15, -0.1) is 0 Å². The van der Waals surface area contributed by atoms with Crippen LogP contribution in [0.2, 0.25) is 0 Å². The second-order valence-corrected chi connectivity index (χ2v) is 5.37. The molecule has 1 heterocycles. The second-order valence-electron chi connectivity index (χ2n) is 5.37. The molecule has 1 fully saturated rings. The van der Waals surface area contributed by atoms with E-state index < -0.39 is 17.4 Å². The molecule has 1 aliphatic heterocycles. The van der Waals surface area contributed by atoms with Crippen molar-refractivity contribution in [2.24, 2.45) is 11.3 Å². The van der Waals surface area contributed by atoms with Gasteiger partial charge in [-0.2, -0.15) is 0 Å². The van der Waals surface area contributed by atoms with Gasteiger partial charge in [0, 0.05) is 6.54 Å². The van der Waals surface area contributed by atoms with Crippen molar-refractivity contribution >= 4 is 11.9 Å². The number of aliphatic carboxylic acids is 1. The third kappa shape index (κ3) is 3.43. The summed E-state index contributed by atoms with van der Waals surface area (Å²) in [6.07, 6.45) is 1.75. The van der Waals surface area contributed by atoms with Gasteiger partial charge in [-0.1, -0.05) is 13.8 Å². The van der Waals surface area contributed by atoms with Gasteiger partial charge < -0.3 is 15.7 Å². The topological polar surface area (TPSA) is 78.4 Å². The van der Waals surface area contributed by atoms with E-state index in [0.717, 1.165) is 19.4 Å². The maximum Gasteiger partial charge on any atom is 0.326 e. The predicted octanol–water partition coefficient (Wildman–Crippen LogP) is 0.601. The molecule has 5 nitrogen and oxygen atoms in total. The van der Waals surface area contributed by atoms with Crippen molar-refractivity contribution in [1.82, 2.24) is 10.6 Å². The maximum absolute atomic E-state index is 12.1. The minimum Gasteiger partial charge on any atom is -0.480 e. The summed E-state index contributed by atoms with van der Waals surface area (Å²) in [4.78, 5) is 23.2. The van der Waals surface area contributed by atoms with E-state index in [4.69, 9.17) is 5.11 Å². The normalized spacial score (nSPS) is 26.6. The molecule has 17 heavy (non-hydrogen) atoms. The quantitative estimate of drug-likeness (QED) is 0.674. The number of piperidine rings is 1. The molecule has 0 saturated carbocycles. The molecule has 0 aliphatic carbocycles. The van der Waals surface area contributed by atoms with Crippen LogP contribution in [0.5, 0.6) is 0 Å². The molecule has 0 aromatic rings. The molecule has 0 spiro atoms. The van der Waals surface area contributed by atoms with Crippen LogP contribution in [0.3, 0.4) is 0 Å². The fraction of sp³-hybridized carbons (Fsp3) is 0.833. The van der Waals surface area contributed by atoms with Gasteiger partial charge in [0.25, 0.3) is 0 Å². The van der Waals surface area contributed by atoms with E-state index in [1.54, 1.807) is 13.8 Å². The molecule has 0 aromatic carbocycles. The van der Waals surface area contributed by atoms with Crippen molar-refractivity contribution in [3.63, 3.8) is 0 Å². The number of hydrogen-bond donors (Lipinski definition) is 3. The number of rotatable bonds is 4. The number of carbonyl (C=O) groups excluding carboxylic acids is 1. The third-order valence-corrected chi connectivity index (χ3v) is 3.36. The van der Waals surface area contributed by atoms with E-state index >= 15 is 0 Å². The summed E-state index contributed by atoms with van der Waals surface area (Å²) in [5.41, 5.74) is -0.485. The first kappa shape index (κ1) is 14.0. The Balaban J connectivity index is 2.66. The Hall–Kier alpha value is -1.10. The number of carbonyl (C=O) groups is 2. The Labute approximate surface area is 102 Å². The van der Waals surface area contributed by atoms with Gasteiger partial charge in [0.15, 0.2) is 0 Å². The van der Waals surface area contributed by atoms with Gasteiger partial charge in [-0.3, -0.25) is 4.79 Å². The van der Waals surface area contributed by atoms with Crippen LogP contribution in [-0.2, 0) is 9.59 Å². The van der Waals surface area contributed by atoms with Crippen LogP contribution in [0.15, 0.2) is 0 Å². The monoisotopic (exact) mass is 242 g/mol. The van der Waals surface area contributed by atoms with E-state index in [1.807, 2.05) is 6.92 Å². The summed E-state index contributed by atoms with van der Waals surface area (Å²) in [7, 11) is 0. The number of carboxylic acid groups (broad SMARTS) is 1. The van der Waals surface area contributed by atoms with Crippen molar-refractivity contribution in [3.05, 3.63) is 0 Å². The molecule has 2 atom stereocenters. The molecular weight excluding hydrogens is 220 g/mol. The predicted molar refractivity (Wildman–Crippen MR) is 64.6 cm³/mol. The Morgan fingerprint density at radius 1 is 1.41 bits per heavy atom. The Morgan fingerprint density at radius 2 is 2.06 bits per heavy atom. The summed E-state index contributed by atoms with van der Waals surface area (Å²) in [5, 5.41) is 14.9. The summed E-state index contributed by atoms with van der Waals surface area (Å²) >= 11 is 0. The first-order valence-electron chi connectivity index (χ1n) is 6.11. The lowest BCUT2D eigenvalue weighted by atomic mass is 9.81. The molecule has 1 aliphatic rings. The van der Waals surface area contributed by atoms with E-state index in [1.165, 1.54) is 0 Å².